The van der Waals surface area contributed by atoms with Crippen LogP contribution in [0.4, 0.5) is 16.2 Å². The topological polar surface area (TPSA) is 73.0 Å². The highest BCUT2D eigenvalue weighted by Crippen LogP contribution is 2.44. The Labute approximate surface area is 169 Å². The number of nitrogens with zero attached hydrogens (tertiary/aromatic N) is 2. The minimum absolute atomic E-state index is 0.0632. The van der Waals surface area contributed by atoms with Gasteiger partial charge in [-0.05, 0) is 67.3 Å². The Balaban J connectivity index is 1.21. The number of aromatic nitrogens is 2. The van der Waals surface area contributed by atoms with Crippen LogP contribution in [0.3, 0.4) is 0 Å². The molecule has 148 valence electrons. The first kappa shape index (κ1) is 16.9. The van der Waals surface area contributed by atoms with Crippen molar-refractivity contribution in [2.24, 2.45) is 5.92 Å². The number of rotatable bonds is 3. The molecule has 2 bridgehead atoms. The molecule has 3 unspecified atom stereocenters. The van der Waals surface area contributed by atoms with Gasteiger partial charge in [0.15, 0.2) is 0 Å². The van der Waals surface area contributed by atoms with Crippen LogP contribution < -0.4 is 15.5 Å². The Morgan fingerprint density at radius 3 is 2.93 bits per heavy atom. The number of urea groups is 1. The van der Waals surface area contributed by atoms with E-state index < -0.39 is 0 Å². The lowest BCUT2D eigenvalue weighted by Gasteiger charge is -2.31. The summed E-state index contributed by atoms with van der Waals surface area (Å²) in [7, 11) is 0. The van der Waals surface area contributed by atoms with Crippen LogP contribution in [0, 0.1) is 5.92 Å². The van der Waals surface area contributed by atoms with Crippen LogP contribution in [-0.2, 0) is 6.42 Å². The largest absolute Gasteiger partial charge is 0.368 e. The van der Waals surface area contributed by atoms with E-state index in [9.17, 15) is 4.79 Å². The average molecular weight is 387 g/mol. The standard InChI is InChI=1S/C23H25N5O/c29-23(25-19-4-2-5-21-18(19)12-24-27-21)26-20-10-9-17-16(20)3-1-6-22(17)28-13-14-7-8-15(28)11-14/h1-6,12,14-15,20H,7-11,13H2,(H,24,27)(H2,25,26,29). The molecule has 0 radical (unpaired) electrons. The molecule has 3 N–H and O–H groups in total. The van der Waals surface area contributed by atoms with E-state index in [1.807, 2.05) is 18.2 Å². The van der Waals surface area contributed by atoms with E-state index in [1.54, 1.807) is 6.20 Å². The molecule has 6 heteroatoms. The maximum Gasteiger partial charge on any atom is 0.319 e. The van der Waals surface area contributed by atoms with Crippen molar-refractivity contribution in [1.82, 2.24) is 15.5 Å². The van der Waals surface area contributed by atoms with Crippen LogP contribution in [0.1, 0.15) is 42.9 Å². The van der Waals surface area contributed by atoms with Crippen molar-refractivity contribution >= 4 is 28.3 Å². The third kappa shape index (κ3) is 2.77. The molecule has 6 nitrogen and oxygen atoms in total. The second-order valence-electron chi connectivity index (χ2n) is 8.66. The van der Waals surface area contributed by atoms with E-state index in [0.29, 0.717) is 0 Å². The third-order valence-corrected chi connectivity index (χ3v) is 7.00. The summed E-state index contributed by atoms with van der Waals surface area (Å²) >= 11 is 0. The highest BCUT2D eigenvalue weighted by Gasteiger charge is 2.39. The summed E-state index contributed by atoms with van der Waals surface area (Å²) in [4.78, 5) is 15.4. The van der Waals surface area contributed by atoms with Crippen molar-refractivity contribution < 1.29 is 4.79 Å². The molecular formula is C23H25N5O. The van der Waals surface area contributed by atoms with Gasteiger partial charge in [0.2, 0.25) is 0 Å². The van der Waals surface area contributed by atoms with E-state index >= 15 is 0 Å². The molecule has 1 aromatic heterocycles. The van der Waals surface area contributed by atoms with Crippen LogP contribution in [0.15, 0.2) is 42.6 Å². The fourth-order valence-electron chi connectivity index (χ4n) is 5.67. The van der Waals surface area contributed by atoms with Gasteiger partial charge in [-0.3, -0.25) is 5.10 Å². The number of nitrogens with one attached hydrogen (secondary N) is 3. The van der Waals surface area contributed by atoms with Gasteiger partial charge in [-0.25, -0.2) is 4.79 Å². The molecule has 2 heterocycles. The molecule has 2 amide bonds. The van der Waals surface area contributed by atoms with Crippen LogP contribution >= 0.6 is 0 Å². The summed E-state index contributed by atoms with van der Waals surface area (Å²) < 4.78 is 0. The Morgan fingerprint density at radius 1 is 1.14 bits per heavy atom. The van der Waals surface area contributed by atoms with Crippen LogP contribution in [0.2, 0.25) is 0 Å². The monoisotopic (exact) mass is 387 g/mol. The third-order valence-electron chi connectivity index (χ3n) is 7.00. The summed E-state index contributed by atoms with van der Waals surface area (Å²) in [5, 5.41) is 14.1. The highest BCUT2D eigenvalue weighted by atomic mass is 16.2. The van der Waals surface area contributed by atoms with Gasteiger partial charge in [-0.2, -0.15) is 5.10 Å². The first-order valence-corrected chi connectivity index (χ1v) is 10.6. The molecule has 0 spiro atoms. The van der Waals surface area contributed by atoms with E-state index in [2.05, 4.69) is 43.9 Å². The number of benzene rings is 2. The first-order chi connectivity index (χ1) is 14.3. The maximum absolute atomic E-state index is 12.7. The molecule has 1 saturated carbocycles. The predicted octanol–water partition coefficient (Wildman–Crippen LogP) is 4.36. The number of carbonyl (C=O) groups excluding carboxylic acids is 1. The van der Waals surface area contributed by atoms with E-state index in [1.165, 1.54) is 42.6 Å². The molecule has 1 saturated heterocycles. The van der Waals surface area contributed by atoms with Crippen molar-refractivity contribution in [1.29, 1.82) is 0 Å². The highest BCUT2D eigenvalue weighted by molar-refractivity contribution is 6.00. The molecule has 6 rings (SSSR count). The lowest BCUT2D eigenvalue weighted by molar-refractivity contribution is 0.248. The summed E-state index contributed by atoms with van der Waals surface area (Å²) in [5.41, 5.74) is 5.80. The van der Waals surface area contributed by atoms with Gasteiger partial charge in [0.1, 0.15) is 0 Å². The number of hydrogen-bond donors (Lipinski definition) is 3. The lowest BCUT2D eigenvalue weighted by Crippen LogP contribution is -2.33. The molecule has 3 aromatic rings. The number of anilines is 2. The SMILES string of the molecule is O=C(Nc1cccc2[nH]ncc12)NC1CCc2c1cccc2N1CC2CCC1C2. The summed E-state index contributed by atoms with van der Waals surface area (Å²) in [5.74, 6) is 0.877. The van der Waals surface area contributed by atoms with E-state index in [-0.39, 0.29) is 12.1 Å². The summed E-state index contributed by atoms with van der Waals surface area (Å²) in [6, 6.07) is 13.0. The van der Waals surface area contributed by atoms with Gasteiger partial charge in [-0.1, -0.05) is 18.2 Å². The second-order valence-corrected chi connectivity index (χ2v) is 8.66. The average Bonchev–Trinajstić information content (AvgIpc) is 3.52. The van der Waals surface area contributed by atoms with Crippen molar-refractivity contribution in [2.75, 3.05) is 16.8 Å². The van der Waals surface area contributed by atoms with E-state index in [4.69, 9.17) is 0 Å². The number of fused-ring (bicyclic) bond motifs is 4. The van der Waals surface area contributed by atoms with Crippen molar-refractivity contribution in [3.63, 3.8) is 0 Å². The Kier molecular flexibility index (Phi) is 3.79. The Hall–Kier alpha value is -3.02. The minimum Gasteiger partial charge on any atom is -0.368 e. The van der Waals surface area contributed by atoms with Crippen molar-refractivity contribution in [3.05, 3.63) is 53.7 Å². The smallest absolute Gasteiger partial charge is 0.319 e. The van der Waals surface area contributed by atoms with Gasteiger partial charge in [0.25, 0.3) is 0 Å². The summed E-state index contributed by atoms with van der Waals surface area (Å²) in [6.45, 7) is 1.20. The molecule has 2 fully saturated rings. The van der Waals surface area contributed by atoms with Gasteiger partial charge in [-0.15, -0.1) is 0 Å². The van der Waals surface area contributed by atoms with Gasteiger partial charge in [0, 0.05) is 23.7 Å². The fraction of sp³-hybridized carbons (Fsp3) is 0.391. The molecule has 3 aliphatic rings. The van der Waals surface area contributed by atoms with Crippen molar-refractivity contribution in [3.8, 4) is 0 Å². The second kappa shape index (κ2) is 6.51. The number of amides is 2. The zero-order valence-corrected chi connectivity index (χ0v) is 16.3. The molecule has 3 atom stereocenters. The van der Waals surface area contributed by atoms with Gasteiger partial charge in [0.05, 0.1) is 23.4 Å². The fourth-order valence-corrected chi connectivity index (χ4v) is 5.67. The zero-order valence-electron chi connectivity index (χ0n) is 16.3. The molecule has 29 heavy (non-hydrogen) atoms. The zero-order chi connectivity index (χ0) is 19.4. The van der Waals surface area contributed by atoms with Crippen LogP contribution in [0.25, 0.3) is 10.9 Å². The number of aromatic amines is 1. The first-order valence-electron chi connectivity index (χ1n) is 10.6. The number of H-pyrrole nitrogens is 1. The Bertz CT molecular complexity index is 1090. The molecule has 1 aliphatic heterocycles. The quantitative estimate of drug-likeness (QED) is 0.625. The van der Waals surface area contributed by atoms with Crippen molar-refractivity contribution in [2.45, 2.75) is 44.2 Å². The van der Waals surface area contributed by atoms with Crippen LogP contribution in [-0.4, -0.2) is 28.8 Å². The normalized spacial score (nSPS) is 24.8. The van der Waals surface area contributed by atoms with Gasteiger partial charge >= 0.3 is 6.03 Å². The minimum atomic E-state index is -0.165. The van der Waals surface area contributed by atoms with Crippen LogP contribution in [0.5, 0.6) is 0 Å². The summed E-state index contributed by atoms with van der Waals surface area (Å²) in [6.07, 6.45) is 7.81. The number of piperidine rings is 1. The number of hydrogen-bond acceptors (Lipinski definition) is 3. The molecule has 2 aliphatic carbocycles. The van der Waals surface area contributed by atoms with Gasteiger partial charge < -0.3 is 15.5 Å². The van der Waals surface area contributed by atoms with E-state index in [0.717, 1.165) is 41.4 Å². The molecule has 2 aromatic carbocycles. The number of carbonyl (C=O) groups is 1. The lowest BCUT2D eigenvalue weighted by atomic mass is 10.0. The Morgan fingerprint density at radius 2 is 2.07 bits per heavy atom. The predicted molar refractivity (Wildman–Crippen MR) is 114 cm³/mol. The maximum atomic E-state index is 12.7. The molecular weight excluding hydrogens is 362 g/mol.